The maximum Gasteiger partial charge on any atom is 0.410 e. The molecule has 0 aliphatic carbocycles. The number of hydrogen-bond acceptors (Lipinski definition) is 9. The van der Waals surface area contributed by atoms with Crippen molar-refractivity contribution in [3.8, 4) is 17.0 Å². The van der Waals surface area contributed by atoms with Gasteiger partial charge in [-0.15, -0.1) is 11.3 Å². The van der Waals surface area contributed by atoms with E-state index in [1.165, 1.54) is 11.1 Å². The van der Waals surface area contributed by atoms with Crippen molar-refractivity contribution in [1.82, 2.24) is 14.8 Å². The first kappa shape index (κ1) is 33.7. The first-order valence-electron chi connectivity index (χ1n) is 16.4. The number of carbonyl (C=O) groups excluding carboxylic acids is 2. The molecule has 0 atom stereocenters. The number of hydrogen-bond donors (Lipinski definition) is 0. The zero-order chi connectivity index (χ0) is 32.8. The van der Waals surface area contributed by atoms with E-state index in [1.54, 1.807) is 16.2 Å². The van der Waals surface area contributed by atoms with Gasteiger partial charge in [-0.25, -0.2) is 9.78 Å². The molecule has 2 aliphatic heterocycles. The number of amides is 1. The molecule has 3 aromatic rings. The monoisotopic (exact) mass is 648 g/mol. The SMILES string of the molecule is CCOC(=O)C1CCN(c2nc(-c3cc(C)ccc3OCc3ccc(CN4CCN(C(=O)OC(C)(C)C)CC4)cc3C)cs2)CC1. The first-order valence-corrected chi connectivity index (χ1v) is 17.3. The third-order valence-corrected chi connectivity index (χ3v) is 9.41. The van der Waals surface area contributed by atoms with Gasteiger partial charge in [0.05, 0.1) is 18.2 Å². The van der Waals surface area contributed by atoms with Gasteiger partial charge in [0.15, 0.2) is 5.13 Å². The number of piperazine rings is 1. The van der Waals surface area contributed by atoms with Crippen molar-refractivity contribution in [1.29, 1.82) is 0 Å². The predicted octanol–water partition coefficient (Wildman–Crippen LogP) is 6.84. The van der Waals surface area contributed by atoms with Gasteiger partial charge in [-0.1, -0.05) is 29.8 Å². The van der Waals surface area contributed by atoms with Gasteiger partial charge < -0.3 is 24.0 Å². The number of carbonyl (C=O) groups is 2. The molecule has 2 aliphatic rings. The number of benzene rings is 2. The lowest BCUT2D eigenvalue weighted by atomic mass is 9.97. The van der Waals surface area contributed by atoms with Gasteiger partial charge in [0, 0.05) is 56.8 Å². The van der Waals surface area contributed by atoms with E-state index in [-0.39, 0.29) is 18.0 Å². The highest BCUT2D eigenvalue weighted by Crippen LogP contribution is 2.36. The van der Waals surface area contributed by atoms with Crippen LogP contribution in [-0.2, 0) is 27.4 Å². The van der Waals surface area contributed by atoms with E-state index in [0.717, 1.165) is 78.8 Å². The van der Waals surface area contributed by atoms with E-state index in [4.69, 9.17) is 19.2 Å². The van der Waals surface area contributed by atoms with E-state index in [2.05, 4.69) is 59.4 Å². The van der Waals surface area contributed by atoms with Crippen LogP contribution in [0.25, 0.3) is 11.3 Å². The largest absolute Gasteiger partial charge is 0.488 e. The Morgan fingerprint density at radius 2 is 1.72 bits per heavy atom. The number of piperidine rings is 1. The van der Waals surface area contributed by atoms with E-state index >= 15 is 0 Å². The molecule has 46 heavy (non-hydrogen) atoms. The summed E-state index contributed by atoms with van der Waals surface area (Å²) in [4.78, 5) is 36.0. The summed E-state index contributed by atoms with van der Waals surface area (Å²) < 4.78 is 17.2. The summed E-state index contributed by atoms with van der Waals surface area (Å²) in [6.07, 6.45) is 1.34. The molecule has 1 amide bonds. The maximum atomic E-state index is 12.4. The molecule has 2 aromatic carbocycles. The Labute approximate surface area is 277 Å². The Morgan fingerprint density at radius 1 is 0.978 bits per heavy atom. The van der Waals surface area contributed by atoms with E-state index in [1.807, 2.05) is 33.8 Å². The molecule has 0 unspecified atom stereocenters. The normalized spacial score (nSPS) is 16.4. The molecule has 9 nitrogen and oxygen atoms in total. The molecule has 10 heteroatoms. The zero-order valence-electron chi connectivity index (χ0n) is 28.1. The second-order valence-electron chi connectivity index (χ2n) is 13.3. The minimum absolute atomic E-state index is 0.0218. The number of rotatable bonds is 9. The van der Waals surface area contributed by atoms with Crippen LogP contribution in [0.3, 0.4) is 0 Å². The number of ether oxygens (including phenoxy) is 3. The molecule has 5 rings (SSSR count). The number of anilines is 1. The smallest absolute Gasteiger partial charge is 0.410 e. The van der Waals surface area contributed by atoms with E-state index in [0.29, 0.717) is 26.3 Å². The maximum absolute atomic E-state index is 12.4. The van der Waals surface area contributed by atoms with Crippen molar-refractivity contribution in [2.75, 3.05) is 50.8 Å². The lowest BCUT2D eigenvalue weighted by molar-refractivity contribution is -0.148. The Balaban J connectivity index is 1.17. The second kappa shape index (κ2) is 14.9. The topological polar surface area (TPSA) is 84.4 Å². The van der Waals surface area contributed by atoms with Gasteiger partial charge in [-0.05, 0) is 83.2 Å². The summed E-state index contributed by atoms with van der Waals surface area (Å²) in [5.41, 5.74) is 6.17. The summed E-state index contributed by atoms with van der Waals surface area (Å²) in [5, 5.41) is 3.07. The van der Waals surface area contributed by atoms with E-state index in [9.17, 15) is 9.59 Å². The Hall–Kier alpha value is -3.63. The Kier molecular flexibility index (Phi) is 10.9. The lowest BCUT2D eigenvalue weighted by Crippen LogP contribution is -2.49. The first-order chi connectivity index (χ1) is 22.0. The van der Waals surface area contributed by atoms with Crippen molar-refractivity contribution >= 4 is 28.5 Å². The molecular formula is C36H48N4O5S. The number of esters is 1. The number of aryl methyl sites for hydroxylation is 2. The third-order valence-electron chi connectivity index (χ3n) is 8.51. The van der Waals surface area contributed by atoms with Crippen molar-refractivity contribution in [3.63, 3.8) is 0 Å². The van der Waals surface area contributed by atoms with Crippen LogP contribution in [0.5, 0.6) is 5.75 Å². The average Bonchev–Trinajstić information content (AvgIpc) is 3.51. The molecule has 0 bridgehead atoms. The minimum atomic E-state index is -0.478. The number of thiazole rings is 1. The molecule has 0 radical (unpaired) electrons. The molecule has 0 spiro atoms. The van der Waals surface area contributed by atoms with Gasteiger partial charge in [0.1, 0.15) is 18.0 Å². The zero-order valence-corrected chi connectivity index (χ0v) is 29.0. The molecule has 0 N–H and O–H groups in total. The summed E-state index contributed by atoms with van der Waals surface area (Å²) in [6, 6.07) is 12.8. The summed E-state index contributed by atoms with van der Waals surface area (Å²) in [7, 11) is 0. The molecule has 1 aromatic heterocycles. The van der Waals surface area contributed by atoms with Crippen LogP contribution >= 0.6 is 11.3 Å². The van der Waals surface area contributed by atoms with Gasteiger partial charge in [-0.3, -0.25) is 9.69 Å². The summed E-state index contributed by atoms with van der Waals surface area (Å²) in [6.45, 7) is 18.1. The van der Waals surface area contributed by atoms with Crippen LogP contribution in [0.4, 0.5) is 9.93 Å². The molecule has 2 fully saturated rings. The van der Waals surface area contributed by atoms with Crippen molar-refractivity contribution in [2.24, 2.45) is 5.92 Å². The predicted molar refractivity (Wildman–Crippen MR) is 182 cm³/mol. The Bertz CT molecular complexity index is 1500. The van der Waals surface area contributed by atoms with Gasteiger partial charge in [0.25, 0.3) is 0 Å². The van der Waals surface area contributed by atoms with Gasteiger partial charge >= 0.3 is 12.1 Å². The van der Waals surface area contributed by atoms with E-state index < -0.39 is 5.60 Å². The van der Waals surface area contributed by atoms with Crippen molar-refractivity contribution in [2.45, 2.75) is 73.1 Å². The van der Waals surface area contributed by atoms with Crippen molar-refractivity contribution < 1.29 is 23.8 Å². The fraction of sp³-hybridized carbons (Fsp3) is 0.528. The highest BCUT2D eigenvalue weighted by atomic mass is 32.1. The van der Waals surface area contributed by atoms with Crippen LogP contribution in [0.15, 0.2) is 41.8 Å². The van der Waals surface area contributed by atoms with Crippen LogP contribution in [-0.4, -0.2) is 78.3 Å². The Morgan fingerprint density at radius 3 is 2.39 bits per heavy atom. The van der Waals surface area contributed by atoms with Gasteiger partial charge in [0.2, 0.25) is 0 Å². The van der Waals surface area contributed by atoms with Gasteiger partial charge in [-0.2, -0.15) is 0 Å². The van der Waals surface area contributed by atoms with Crippen LogP contribution in [0.1, 0.15) is 62.8 Å². The quantitative estimate of drug-likeness (QED) is 0.233. The number of aromatic nitrogens is 1. The molecule has 2 saturated heterocycles. The molecule has 0 saturated carbocycles. The average molecular weight is 649 g/mol. The summed E-state index contributed by atoms with van der Waals surface area (Å²) in [5.74, 6) is 0.713. The number of nitrogens with zero attached hydrogens (tertiary/aromatic N) is 4. The minimum Gasteiger partial charge on any atom is -0.488 e. The fourth-order valence-electron chi connectivity index (χ4n) is 5.92. The molecule has 3 heterocycles. The molecular weight excluding hydrogens is 600 g/mol. The summed E-state index contributed by atoms with van der Waals surface area (Å²) >= 11 is 1.64. The van der Waals surface area contributed by atoms with Crippen LogP contribution < -0.4 is 9.64 Å². The fourth-order valence-corrected chi connectivity index (χ4v) is 6.80. The molecule has 248 valence electrons. The van der Waals surface area contributed by atoms with Crippen LogP contribution in [0.2, 0.25) is 0 Å². The standard InChI is InChI=1S/C36H48N4O5S/c1-7-43-33(41)28-12-14-39(15-13-28)34-37-31(24-46-34)30-20-25(2)8-11-32(30)44-23-29-10-9-27(21-26(29)3)22-38-16-18-40(19-17-38)35(42)45-36(4,5)6/h8-11,20-21,24,28H,7,12-19,22-23H2,1-6H3. The highest BCUT2D eigenvalue weighted by molar-refractivity contribution is 7.14. The van der Waals surface area contributed by atoms with Crippen molar-refractivity contribution in [3.05, 3.63) is 64.0 Å². The van der Waals surface area contributed by atoms with Crippen LogP contribution in [0, 0.1) is 19.8 Å². The highest BCUT2D eigenvalue weighted by Gasteiger charge is 2.28. The second-order valence-corrected chi connectivity index (χ2v) is 14.2. The lowest BCUT2D eigenvalue weighted by Gasteiger charge is -2.35. The third kappa shape index (κ3) is 8.79.